The molecule has 3 N–H and O–H groups in total. The topological polar surface area (TPSA) is 63.3 Å². The largest absolute Gasteiger partial charge is 1.00 e. The minimum absolute atomic E-state index is 0. The van der Waals surface area contributed by atoms with Crippen LogP contribution in [0.25, 0.3) is 0 Å². The molecular weight excluding hydrogens is 186 g/mol. The predicted molar refractivity (Wildman–Crippen MR) is 44.3 cm³/mol. The van der Waals surface area contributed by atoms with E-state index in [1.807, 2.05) is 0 Å². The lowest BCUT2D eigenvalue weighted by Crippen LogP contribution is -3.00. The van der Waals surface area contributed by atoms with E-state index in [9.17, 15) is 4.79 Å². The maximum Gasteiger partial charge on any atom is 0.320 e. The molecule has 3 nitrogen and oxygen atoms in total. The number of nitrogens with two attached hydrogens (primary N) is 1. The van der Waals surface area contributed by atoms with Gasteiger partial charge in [-0.15, -0.1) is 0 Å². The van der Waals surface area contributed by atoms with Crippen LogP contribution < -0.4 is 18.1 Å². The molecule has 0 bridgehead atoms. The van der Waals surface area contributed by atoms with Crippen LogP contribution in [0.2, 0.25) is 0 Å². The smallest absolute Gasteiger partial charge is 0.320 e. The van der Waals surface area contributed by atoms with Crippen LogP contribution in [0.1, 0.15) is 6.42 Å². The van der Waals surface area contributed by atoms with Crippen LogP contribution in [0.5, 0.6) is 0 Å². The van der Waals surface area contributed by atoms with Gasteiger partial charge < -0.3 is 23.2 Å². The average molecular weight is 200 g/mol. The van der Waals surface area contributed by atoms with Crippen LogP contribution in [0, 0.1) is 0 Å². The zero-order valence-electron chi connectivity index (χ0n) is 6.71. The van der Waals surface area contributed by atoms with Gasteiger partial charge in [-0.25, -0.2) is 0 Å². The maximum absolute atomic E-state index is 10.2. The van der Waals surface area contributed by atoms with Crippen molar-refractivity contribution in [3.05, 3.63) is 0 Å². The van der Waals surface area contributed by atoms with E-state index in [4.69, 9.17) is 10.8 Å². The fourth-order valence-electron chi connectivity index (χ4n) is 0.486. The second kappa shape index (κ2) is 6.76. The lowest BCUT2D eigenvalue weighted by molar-refractivity contribution is -0.138. The standard InChI is InChI=1S/C6H13NO2S.ClH/c1-10(2)4-3-5(7)6(8)9;/h5H,3-4,7H2,1-2H3;1H. The Labute approximate surface area is 76.1 Å². The van der Waals surface area contributed by atoms with E-state index in [0.717, 1.165) is 5.75 Å². The molecule has 0 radical (unpaired) electrons. The summed E-state index contributed by atoms with van der Waals surface area (Å²) in [7, 11) is 0.304. The molecule has 68 valence electrons. The molecule has 0 rings (SSSR count). The minimum Gasteiger partial charge on any atom is -1.00 e. The van der Waals surface area contributed by atoms with Crippen LogP contribution in [0.3, 0.4) is 0 Å². The SMILES string of the molecule is C[S+](C)CCC(N)C(=O)O.[Cl-]. The van der Waals surface area contributed by atoms with Crippen LogP contribution in [0.4, 0.5) is 0 Å². The molecule has 0 aliphatic carbocycles. The van der Waals surface area contributed by atoms with Gasteiger partial charge in [0.1, 0.15) is 11.8 Å². The number of carbonyl (C=O) groups is 1. The van der Waals surface area contributed by atoms with Crippen molar-refractivity contribution in [3.8, 4) is 0 Å². The van der Waals surface area contributed by atoms with Crippen molar-refractivity contribution in [2.45, 2.75) is 12.5 Å². The summed E-state index contributed by atoms with van der Waals surface area (Å²) in [6, 6.07) is -0.671. The van der Waals surface area contributed by atoms with Crippen LogP contribution >= 0.6 is 0 Å². The van der Waals surface area contributed by atoms with E-state index in [-0.39, 0.29) is 12.4 Å². The van der Waals surface area contributed by atoms with Crippen molar-refractivity contribution in [3.63, 3.8) is 0 Å². The molecule has 1 atom stereocenters. The number of halogens is 1. The Morgan fingerprint density at radius 1 is 1.64 bits per heavy atom. The van der Waals surface area contributed by atoms with E-state index in [1.165, 1.54) is 0 Å². The van der Waals surface area contributed by atoms with E-state index >= 15 is 0 Å². The molecule has 11 heavy (non-hydrogen) atoms. The molecule has 0 saturated carbocycles. The van der Waals surface area contributed by atoms with Gasteiger partial charge in [-0.2, -0.15) is 0 Å². The van der Waals surface area contributed by atoms with E-state index in [2.05, 4.69) is 12.5 Å². The first kappa shape index (κ1) is 13.6. The molecule has 0 aromatic carbocycles. The van der Waals surface area contributed by atoms with E-state index in [1.54, 1.807) is 0 Å². The summed E-state index contributed by atoms with van der Waals surface area (Å²) < 4.78 is 0. The highest BCUT2D eigenvalue weighted by atomic mass is 35.5. The Morgan fingerprint density at radius 3 is 2.36 bits per heavy atom. The van der Waals surface area contributed by atoms with Crippen molar-refractivity contribution >= 4 is 16.9 Å². The van der Waals surface area contributed by atoms with Gasteiger partial charge in [-0.05, 0) is 10.9 Å². The number of rotatable bonds is 4. The van der Waals surface area contributed by atoms with Gasteiger partial charge in [0, 0.05) is 6.42 Å². The number of hydrogen-bond acceptors (Lipinski definition) is 2. The summed E-state index contributed by atoms with van der Waals surface area (Å²) in [6.45, 7) is 0. The third-order valence-electron chi connectivity index (χ3n) is 1.15. The number of aliphatic carboxylic acids is 1. The summed E-state index contributed by atoms with van der Waals surface area (Å²) in [5.74, 6) is 0.0125. The van der Waals surface area contributed by atoms with Crippen molar-refractivity contribution in [2.75, 3.05) is 18.3 Å². The molecule has 0 spiro atoms. The lowest BCUT2D eigenvalue weighted by Gasteiger charge is -2.02. The summed E-state index contributed by atoms with van der Waals surface area (Å²) >= 11 is 0. The Bertz CT molecular complexity index is 121. The van der Waals surface area contributed by atoms with Crippen molar-refractivity contribution in [2.24, 2.45) is 5.73 Å². The highest BCUT2D eigenvalue weighted by Crippen LogP contribution is 1.93. The number of carboxylic acid groups (broad SMARTS) is 1. The summed E-state index contributed by atoms with van der Waals surface area (Å²) in [4.78, 5) is 10.2. The monoisotopic (exact) mass is 199 g/mol. The second-order valence-corrected chi connectivity index (χ2v) is 4.80. The van der Waals surface area contributed by atoms with Crippen molar-refractivity contribution in [1.82, 2.24) is 0 Å². The van der Waals surface area contributed by atoms with Gasteiger partial charge in [-0.1, -0.05) is 0 Å². The van der Waals surface area contributed by atoms with Gasteiger partial charge in [0.15, 0.2) is 0 Å². The summed E-state index contributed by atoms with van der Waals surface area (Å²) in [5.41, 5.74) is 5.27. The molecule has 0 aromatic heterocycles. The minimum atomic E-state index is -0.898. The Hall–Kier alpha value is 0.0700. The van der Waals surface area contributed by atoms with Crippen LogP contribution in [-0.4, -0.2) is 35.4 Å². The van der Waals surface area contributed by atoms with Gasteiger partial charge >= 0.3 is 5.97 Å². The first-order valence-corrected chi connectivity index (χ1v) is 5.27. The molecule has 0 aliphatic heterocycles. The summed E-state index contributed by atoms with van der Waals surface area (Å²) in [5, 5.41) is 8.37. The highest BCUT2D eigenvalue weighted by Gasteiger charge is 2.14. The first-order chi connectivity index (χ1) is 4.54. The summed E-state index contributed by atoms with van der Waals surface area (Å²) in [6.07, 6.45) is 4.74. The number of carboxylic acids is 1. The molecular formula is C6H14ClNO2S. The highest BCUT2D eigenvalue weighted by molar-refractivity contribution is 7.95. The zero-order valence-corrected chi connectivity index (χ0v) is 8.28. The first-order valence-electron chi connectivity index (χ1n) is 3.06. The third-order valence-corrected chi connectivity index (χ3v) is 2.21. The third kappa shape index (κ3) is 7.97. The molecule has 0 aliphatic rings. The fourth-order valence-corrected chi connectivity index (χ4v) is 1.21. The van der Waals surface area contributed by atoms with Gasteiger partial charge in [0.2, 0.25) is 0 Å². The van der Waals surface area contributed by atoms with Crippen LogP contribution in [-0.2, 0) is 15.7 Å². The molecule has 0 aromatic rings. The quantitative estimate of drug-likeness (QED) is 0.466. The van der Waals surface area contributed by atoms with Crippen LogP contribution in [0.15, 0.2) is 0 Å². The molecule has 0 heterocycles. The number of hydrogen-bond donors (Lipinski definition) is 2. The van der Waals surface area contributed by atoms with E-state index < -0.39 is 12.0 Å². The lowest BCUT2D eigenvalue weighted by atomic mass is 10.2. The second-order valence-electron chi connectivity index (χ2n) is 2.42. The molecule has 0 fully saturated rings. The maximum atomic E-state index is 10.2. The Balaban J connectivity index is 0. The molecule has 0 amide bonds. The molecule has 0 saturated heterocycles. The predicted octanol–water partition coefficient (Wildman–Crippen LogP) is -3.33. The average Bonchev–Trinajstić information content (AvgIpc) is 1.82. The Kier molecular flexibility index (Phi) is 8.39. The van der Waals surface area contributed by atoms with E-state index in [0.29, 0.717) is 17.3 Å². The molecule has 5 heteroatoms. The van der Waals surface area contributed by atoms with Gasteiger partial charge in [0.05, 0.1) is 12.5 Å². The molecule has 1 unspecified atom stereocenters. The van der Waals surface area contributed by atoms with Gasteiger partial charge in [0.25, 0.3) is 0 Å². The zero-order chi connectivity index (χ0) is 8.15. The van der Waals surface area contributed by atoms with Crippen molar-refractivity contribution in [1.29, 1.82) is 0 Å². The van der Waals surface area contributed by atoms with Gasteiger partial charge in [-0.3, -0.25) is 4.79 Å². The van der Waals surface area contributed by atoms with Crippen molar-refractivity contribution < 1.29 is 22.3 Å². The normalized spacial score (nSPS) is 12.4. The Morgan fingerprint density at radius 2 is 2.09 bits per heavy atom. The fraction of sp³-hybridized carbons (Fsp3) is 0.833.